The van der Waals surface area contributed by atoms with Gasteiger partial charge in [0.1, 0.15) is 0 Å². The Bertz CT molecular complexity index is 531. The summed E-state index contributed by atoms with van der Waals surface area (Å²) < 4.78 is 0. The number of halogens is 1. The minimum absolute atomic E-state index is 0.212. The molecule has 1 aromatic carbocycles. The summed E-state index contributed by atoms with van der Waals surface area (Å²) in [7, 11) is 0. The van der Waals surface area contributed by atoms with Crippen molar-refractivity contribution in [3.05, 3.63) is 34.9 Å². The Labute approximate surface area is 150 Å². The van der Waals surface area contributed by atoms with Crippen LogP contribution in [0.5, 0.6) is 0 Å². The molecule has 0 aromatic heterocycles. The summed E-state index contributed by atoms with van der Waals surface area (Å²) in [5.74, 6) is 0.212. The number of nitrogens with zero attached hydrogens (tertiary/aromatic N) is 1. The van der Waals surface area contributed by atoms with Crippen LogP contribution < -0.4 is 5.32 Å². The maximum atomic E-state index is 12.9. The van der Waals surface area contributed by atoms with E-state index in [1.54, 1.807) is 0 Å². The number of carbonyl (C=O) groups is 1. The van der Waals surface area contributed by atoms with Crippen molar-refractivity contribution in [2.45, 2.75) is 56.8 Å². The predicted molar refractivity (Wildman–Crippen MR) is 99.5 cm³/mol. The molecule has 1 aliphatic heterocycles. The van der Waals surface area contributed by atoms with Crippen molar-refractivity contribution in [1.29, 1.82) is 0 Å². The Morgan fingerprint density at radius 2 is 1.71 bits per heavy atom. The molecule has 1 aromatic rings. The third-order valence-electron chi connectivity index (χ3n) is 5.67. The smallest absolute Gasteiger partial charge is 0.230 e. The van der Waals surface area contributed by atoms with Crippen LogP contribution in [0.1, 0.15) is 56.9 Å². The Morgan fingerprint density at radius 1 is 1.04 bits per heavy atom. The highest BCUT2D eigenvalue weighted by Crippen LogP contribution is 2.41. The second-order valence-electron chi connectivity index (χ2n) is 7.31. The summed E-state index contributed by atoms with van der Waals surface area (Å²) in [5.41, 5.74) is 0.790. The van der Waals surface area contributed by atoms with Crippen LogP contribution >= 0.6 is 11.6 Å². The maximum Gasteiger partial charge on any atom is 0.230 e. The van der Waals surface area contributed by atoms with Crippen LogP contribution in [-0.2, 0) is 10.2 Å². The number of likely N-dealkylation sites (tertiary alicyclic amines) is 1. The molecular formula is C20H29ClN2O. The first kappa shape index (κ1) is 17.8. The lowest BCUT2D eigenvalue weighted by molar-refractivity contribution is -0.126. The van der Waals surface area contributed by atoms with Gasteiger partial charge in [-0.25, -0.2) is 0 Å². The van der Waals surface area contributed by atoms with E-state index in [1.165, 1.54) is 38.9 Å². The van der Waals surface area contributed by atoms with Crippen molar-refractivity contribution in [2.75, 3.05) is 26.2 Å². The highest BCUT2D eigenvalue weighted by atomic mass is 35.5. The predicted octanol–water partition coefficient (Wildman–Crippen LogP) is 4.14. The molecule has 1 aliphatic carbocycles. The second kappa shape index (κ2) is 8.35. The number of nitrogens with one attached hydrogen (secondary N) is 1. The van der Waals surface area contributed by atoms with Gasteiger partial charge < -0.3 is 10.2 Å². The first-order valence-electron chi connectivity index (χ1n) is 9.47. The van der Waals surface area contributed by atoms with Crippen molar-refractivity contribution in [3.8, 4) is 0 Å². The molecular weight excluding hydrogens is 320 g/mol. The average molecular weight is 349 g/mol. The lowest BCUT2D eigenvalue weighted by atomic mass is 9.78. The van der Waals surface area contributed by atoms with Gasteiger partial charge in [-0.2, -0.15) is 0 Å². The van der Waals surface area contributed by atoms with E-state index in [1.807, 2.05) is 24.3 Å². The Balaban J connectivity index is 1.50. The fraction of sp³-hybridized carbons (Fsp3) is 0.650. The van der Waals surface area contributed by atoms with Crippen LogP contribution in [0.25, 0.3) is 0 Å². The first-order chi connectivity index (χ1) is 11.7. The van der Waals surface area contributed by atoms with Gasteiger partial charge in [-0.05, 0) is 75.9 Å². The lowest BCUT2D eigenvalue weighted by Crippen LogP contribution is -2.43. The van der Waals surface area contributed by atoms with Gasteiger partial charge in [0.2, 0.25) is 5.91 Å². The van der Waals surface area contributed by atoms with Gasteiger partial charge in [-0.15, -0.1) is 0 Å². The SMILES string of the molecule is O=C(NCCCCN1CCCC1)C1(c2ccc(Cl)cc2)CCCC1. The van der Waals surface area contributed by atoms with E-state index >= 15 is 0 Å². The van der Waals surface area contributed by atoms with E-state index in [4.69, 9.17) is 11.6 Å². The van der Waals surface area contributed by atoms with Gasteiger partial charge in [-0.1, -0.05) is 36.6 Å². The first-order valence-corrected chi connectivity index (χ1v) is 9.85. The molecule has 1 N–H and O–H groups in total. The minimum atomic E-state index is -0.334. The molecule has 3 nitrogen and oxygen atoms in total. The van der Waals surface area contributed by atoms with E-state index < -0.39 is 0 Å². The van der Waals surface area contributed by atoms with Crippen LogP contribution in [-0.4, -0.2) is 37.0 Å². The number of rotatable bonds is 7. The molecule has 132 valence electrons. The summed E-state index contributed by atoms with van der Waals surface area (Å²) in [6.45, 7) is 4.48. The molecule has 4 heteroatoms. The standard InChI is InChI=1S/C20H29ClN2O/c21-18-9-7-17(8-10-18)20(11-1-2-12-20)19(24)22-13-3-4-14-23-15-5-6-16-23/h7-10H,1-6,11-16H2,(H,22,24). The van der Waals surface area contributed by atoms with E-state index in [0.29, 0.717) is 0 Å². The summed E-state index contributed by atoms with van der Waals surface area (Å²) in [4.78, 5) is 15.5. The Morgan fingerprint density at radius 3 is 2.38 bits per heavy atom. The summed E-state index contributed by atoms with van der Waals surface area (Å²) in [5, 5.41) is 3.94. The minimum Gasteiger partial charge on any atom is -0.355 e. The normalized spacial score (nSPS) is 20.4. The Hall–Kier alpha value is -1.06. The molecule has 0 unspecified atom stereocenters. The van der Waals surface area contributed by atoms with E-state index in [-0.39, 0.29) is 11.3 Å². The topological polar surface area (TPSA) is 32.3 Å². The Kier molecular flexibility index (Phi) is 6.18. The monoisotopic (exact) mass is 348 g/mol. The number of amides is 1. The zero-order chi connectivity index (χ0) is 16.8. The van der Waals surface area contributed by atoms with Crippen molar-refractivity contribution in [1.82, 2.24) is 10.2 Å². The summed E-state index contributed by atoms with van der Waals surface area (Å²) in [6.07, 6.45) is 9.10. The van der Waals surface area contributed by atoms with Gasteiger partial charge in [0.25, 0.3) is 0 Å². The molecule has 1 heterocycles. The number of unbranched alkanes of at least 4 members (excludes halogenated alkanes) is 1. The van der Waals surface area contributed by atoms with Gasteiger partial charge in [0, 0.05) is 11.6 Å². The molecule has 0 atom stereocenters. The third-order valence-corrected chi connectivity index (χ3v) is 5.93. The fourth-order valence-corrected chi connectivity index (χ4v) is 4.36. The summed E-state index contributed by atoms with van der Waals surface area (Å²) >= 11 is 6.01. The van der Waals surface area contributed by atoms with Crippen LogP contribution in [0.15, 0.2) is 24.3 Å². The summed E-state index contributed by atoms with van der Waals surface area (Å²) in [6, 6.07) is 7.86. The molecule has 0 bridgehead atoms. The van der Waals surface area contributed by atoms with Crippen LogP contribution in [0, 0.1) is 0 Å². The van der Waals surface area contributed by atoms with Crippen molar-refractivity contribution >= 4 is 17.5 Å². The molecule has 1 saturated carbocycles. The second-order valence-corrected chi connectivity index (χ2v) is 7.74. The lowest BCUT2D eigenvalue weighted by Gasteiger charge is -2.28. The number of carbonyl (C=O) groups excluding carboxylic acids is 1. The fourth-order valence-electron chi connectivity index (χ4n) is 4.23. The zero-order valence-electron chi connectivity index (χ0n) is 14.5. The molecule has 3 rings (SSSR count). The van der Waals surface area contributed by atoms with Crippen LogP contribution in [0.2, 0.25) is 5.02 Å². The number of benzene rings is 1. The maximum absolute atomic E-state index is 12.9. The molecule has 1 amide bonds. The molecule has 1 saturated heterocycles. The van der Waals surface area contributed by atoms with E-state index in [9.17, 15) is 4.79 Å². The highest BCUT2D eigenvalue weighted by Gasteiger charge is 2.42. The zero-order valence-corrected chi connectivity index (χ0v) is 15.3. The van der Waals surface area contributed by atoms with Crippen molar-refractivity contribution in [2.24, 2.45) is 0 Å². The molecule has 2 fully saturated rings. The van der Waals surface area contributed by atoms with E-state index in [2.05, 4.69) is 10.2 Å². The van der Waals surface area contributed by atoms with Crippen LogP contribution in [0.4, 0.5) is 0 Å². The van der Waals surface area contributed by atoms with Gasteiger partial charge in [-0.3, -0.25) is 4.79 Å². The number of hydrogen-bond acceptors (Lipinski definition) is 2. The quantitative estimate of drug-likeness (QED) is 0.751. The van der Waals surface area contributed by atoms with Crippen LogP contribution in [0.3, 0.4) is 0 Å². The van der Waals surface area contributed by atoms with Gasteiger partial charge >= 0.3 is 0 Å². The van der Waals surface area contributed by atoms with Crippen molar-refractivity contribution in [3.63, 3.8) is 0 Å². The highest BCUT2D eigenvalue weighted by molar-refractivity contribution is 6.30. The molecule has 2 aliphatic rings. The number of hydrogen-bond donors (Lipinski definition) is 1. The average Bonchev–Trinajstić information content (AvgIpc) is 3.27. The van der Waals surface area contributed by atoms with Crippen molar-refractivity contribution < 1.29 is 4.79 Å². The van der Waals surface area contributed by atoms with Gasteiger partial charge in [0.05, 0.1) is 5.41 Å². The third kappa shape index (κ3) is 4.12. The van der Waals surface area contributed by atoms with Gasteiger partial charge in [0.15, 0.2) is 0 Å². The van der Waals surface area contributed by atoms with E-state index in [0.717, 1.165) is 49.2 Å². The largest absolute Gasteiger partial charge is 0.355 e. The molecule has 0 spiro atoms. The molecule has 24 heavy (non-hydrogen) atoms. The molecule has 0 radical (unpaired) electrons.